The van der Waals surface area contributed by atoms with E-state index in [9.17, 15) is 14.7 Å². The Kier molecular flexibility index (Phi) is 5.11. The quantitative estimate of drug-likeness (QED) is 0.624. The third kappa shape index (κ3) is 3.90. The van der Waals surface area contributed by atoms with Gasteiger partial charge in [-0.1, -0.05) is 11.6 Å². The van der Waals surface area contributed by atoms with Crippen molar-refractivity contribution in [1.29, 1.82) is 0 Å². The number of hydrogen-bond donors (Lipinski definition) is 2. The third-order valence-electron chi connectivity index (χ3n) is 2.80. The van der Waals surface area contributed by atoms with Gasteiger partial charge in [0, 0.05) is 24.2 Å². The molecular weight excluding hydrogens is 314 g/mol. The molecule has 0 aliphatic carbocycles. The van der Waals surface area contributed by atoms with Gasteiger partial charge in [0.1, 0.15) is 6.10 Å². The smallest absolute Gasteiger partial charge is 0.292 e. The monoisotopic (exact) mass is 327 g/mol. The van der Waals surface area contributed by atoms with Gasteiger partial charge < -0.3 is 10.4 Å². The molecule has 0 aliphatic rings. The number of rotatable bonds is 6. The van der Waals surface area contributed by atoms with E-state index in [-0.39, 0.29) is 12.1 Å². The van der Waals surface area contributed by atoms with Crippen LogP contribution in [0.3, 0.4) is 0 Å². The second kappa shape index (κ2) is 6.84. The lowest BCUT2D eigenvalue weighted by Gasteiger charge is -2.09. The van der Waals surface area contributed by atoms with E-state index < -0.39 is 17.8 Å². The Balaban J connectivity index is 1.90. The van der Waals surface area contributed by atoms with Gasteiger partial charge in [-0.2, -0.15) is 5.10 Å². The summed E-state index contributed by atoms with van der Waals surface area (Å²) in [5.41, 5.74) is 0.225. The number of aliphatic hydroxyl groups is 1. The van der Waals surface area contributed by atoms with Gasteiger partial charge in [0.05, 0.1) is 16.1 Å². The summed E-state index contributed by atoms with van der Waals surface area (Å²) in [5, 5.41) is 16.2. The first-order valence-electron chi connectivity index (χ1n) is 6.29. The molecule has 2 rings (SSSR count). The van der Waals surface area contributed by atoms with E-state index in [4.69, 9.17) is 11.6 Å². The molecule has 0 radical (unpaired) electrons. The Morgan fingerprint density at radius 3 is 2.86 bits per heavy atom. The van der Waals surface area contributed by atoms with Gasteiger partial charge in [-0.25, -0.2) is 0 Å². The van der Waals surface area contributed by atoms with Gasteiger partial charge in [0.2, 0.25) is 0 Å². The highest BCUT2D eigenvalue weighted by atomic mass is 35.5. The molecule has 1 unspecified atom stereocenters. The van der Waals surface area contributed by atoms with E-state index in [0.717, 1.165) is 0 Å². The first-order valence-corrected chi connectivity index (χ1v) is 7.49. The van der Waals surface area contributed by atoms with Crippen LogP contribution < -0.4 is 5.32 Å². The normalized spacial score (nSPS) is 12.1. The molecule has 0 aromatic carbocycles. The van der Waals surface area contributed by atoms with Gasteiger partial charge in [-0.05, 0) is 19.1 Å². The molecular formula is C13H14ClN3O3S. The minimum Gasteiger partial charge on any atom is -0.386 e. The predicted octanol–water partition coefficient (Wildman–Crippen LogP) is 1.65. The number of aromatic nitrogens is 2. The molecule has 2 aromatic rings. The van der Waals surface area contributed by atoms with Crippen LogP contribution in [0.5, 0.6) is 0 Å². The first kappa shape index (κ1) is 15.7. The largest absolute Gasteiger partial charge is 0.386 e. The lowest BCUT2D eigenvalue weighted by molar-refractivity contribution is -0.117. The number of aryl methyl sites for hydroxylation is 1. The van der Waals surface area contributed by atoms with Crippen molar-refractivity contribution in [1.82, 2.24) is 15.1 Å². The lowest BCUT2D eigenvalue weighted by atomic mass is 10.2. The summed E-state index contributed by atoms with van der Waals surface area (Å²) in [5.74, 6) is -1.45. The molecule has 6 nitrogen and oxygen atoms in total. The van der Waals surface area contributed by atoms with Crippen LogP contribution in [-0.2, 0) is 11.3 Å². The average molecular weight is 328 g/mol. The van der Waals surface area contributed by atoms with Crippen LogP contribution >= 0.6 is 22.9 Å². The molecule has 0 bridgehead atoms. The zero-order valence-electron chi connectivity index (χ0n) is 11.2. The Morgan fingerprint density at radius 2 is 2.29 bits per heavy atom. The van der Waals surface area contributed by atoms with E-state index in [0.29, 0.717) is 15.8 Å². The Bertz CT molecular complexity index is 653. The van der Waals surface area contributed by atoms with Crippen LogP contribution in [0.2, 0.25) is 4.34 Å². The highest BCUT2D eigenvalue weighted by Crippen LogP contribution is 2.26. The minimum absolute atomic E-state index is 0.0523. The number of hydrogen-bond acceptors (Lipinski definition) is 5. The highest BCUT2D eigenvalue weighted by Gasteiger charge is 2.19. The topological polar surface area (TPSA) is 84.2 Å². The number of ketones is 1. The van der Waals surface area contributed by atoms with Crippen molar-refractivity contribution in [3.8, 4) is 0 Å². The summed E-state index contributed by atoms with van der Waals surface area (Å²) in [7, 11) is 0. The Morgan fingerprint density at radius 1 is 1.52 bits per heavy atom. The molecule has 0 spiro atoms. The lowest BCUT2D eigenvalue weighted by Crippen LogP contribution is -2.34. The fourth-order valence-corrected chi connectivity index (χ4v) is 2.71. The Hall–Kier alpha value is -1.70. The van der Waals surface area contributed by atoms with Gasteiger partial charge >= 0.3 is 0 Å². The molecule has 2 aromatic heterocycles. The first-order chi connectivity index (χ1) is 10.0. The zero-order valence-corrected chi connectivity index (χ0v) is 12.8. The van der Waals surface area contributed by atoms with Crippen molar-refractivity contribution in [2.45, 2.75) is 19.6 Å². The molecule has 8 heteroatoms. The number of carbonyl (C=O) groups excluding carboxylic acids is 2. The predicted molar refractivity (Wildman–Crippen MR) is 79.5 cm³/mol. The third-order valence-corrected chi connectivity index (χ3v) is 4.14. The molecule has 0 fully saturated rings. The van der Waals surface area contributed by atoms with Crippen molar-refractivity contribution < 1.29 is 14.7 Å². The number of carbonyl (C=O) groups is 2. The molecule has 2 heterocycles. The van der Waals surface area contributed by atoms with Crippen molar-refractivity contribution in [2.75, 3.05) is 6.54 Å². The molecule has 0 saturated carbocycles. The van der Waals surface area contributed by atoms with E-state index in [1.165, 1.54) is 23.7 Å². The fraction of sp³-hybridized carbons (Fsp3) is 0.308. The SMILES string of the molecule is CCn1cc(C(=O)C(=O)NCC(O)c2ccc(Cl)s2)cn1. The van der Waals surface area contributed by atoms with Crippen LogP contribution in [-0.4, -0.2) is 33.1 Å². The van der Waals surface area contributed by atoms with Crippen molar-refractivity contribution in [3.63, 3.8) is 0 Å². The number of amides is 1. The van der Waals surface area contributed by atoms with Crippen molar-refractivity contribution >= 4 is 34.6 Å². The van der Waals surface area contributed by atoms with E-state index in [2.05, 4.69) is 10.4 Å². The molecule has 21 heavy (non-hydrogen) atoms. The summed E-state index contributed by atoms with van der Waals surface area (Å²) < 4.78 is 2.11. The van der Waals surface area contributed by atoms with Gasteiger partial charge in [-0.15, -0.1) is 11.3 Å². The number of nitrogens with one attached hydrogen (secondary N) is 1. The number of nitrogens with zero attached hydrogens (tertiary/aromatic N) is 2. The highest BCUT2D eigenvalue weighted by molar-refractivity contribution is 7.16. The molecule has 112 valence electrons. The van der Waals surface area contributed by atoms with Crippen molar-refractivity contribution in [3.05, 3.63) is 39.3 Å². The molecule has 1 atom stereocenters. The summed E-state index contributed by atoms with van der Waals surface area (Å²) in [6.07, 6.45) is 1.97. The van der Waals surface area contributed by atoms with Crippen LogP contribution in [0.15, 0.2) is 24.5 Å². The zero-order chi connectivity index (χ0) is 15.4. The van der Waals surface area contributed by atoms with E-state index >= 15 is 0 Å². The van der Waals surface area contributed by atoms with Gasteiger partial charge in [-0.3, -0.25) is 14.3 Å². The number of thiophene rings is 1. The summed E-state index contributed by atoms with van der Waals surface area (Å²) in [6, 6.07) is 3.34. The maximum Gasteiger partial charge on any atom is 0.292 e. The standard InChI is InChI=1S/C13H14ClN3O3S/c1-2-17-7-8(5-16-17)12(19)13(20)15-6-9(18)10-3-4-11(14)21-10/h3-5,7,9,18H,2,6H2,1H3,(H,15,20). The molecule has 1 amide bonds. The second-order valence-electron chi connectivity index (χ2n) is 4.28. The van der Waals surface area contributed by atoms with Crippen LogP contribution in [0.1, 0.15) is 28.3 Å². The second-order valence-corrected chi connectivity index (χ2v) is 6.03. The summed E-state index contributed by atoms with van der Waals surface area (Å²) in [6.45, 7) is 2.44. The maximum atomic E-state index is 11.9. The maximum absolute atomic E-state index is 11.9. The molecule has 2 N–H and O–H groups in total. The number of Topliss-reactive ketones (excluding diaryl/α,β-unsaturated/α-hetero) is 1. The van der Waals surface area contributed by atoms with Crippen LogP contribution in [0.25, 0.3) is 0 Å². The van der Waals surface area contributed by atoms with Gasteiger partial charge in [0.25, 0.3) is 11.7 Å². The average Bonchev–Trinajstić information content (AvgIpc) is 3.12. The molecule has 0 aliphatic heterocycles. The fourth-order valence-electron chi connectivity index (χ4n) is 1.66. The van der Waals surface area contributed by atoms with Gasteiger partial charge in [0.15, 0.2) is 0 Å². The number of aliphatic hydroxyl groups excluding tert-OH is 1. The Labute approximate surface area is 130 Å². The van der Waals surface area contributed by atoms with E-state index in [1.54, 1.807) is 16.8 Å². The molecule has 0 saturated heterocycles. The number of halogens is 1. The minimum atomic E-state index is -0.891. The van der Waals surface area contributed by atoms with Crippen molar-refractivity contribution in [2.24, 2.45) is 0 Å². The van der Waals surface area contributed by atoms with Crippen LogP contribution in [0.4, 0.5) is 0 Å². The van der Waals surface area contributed by atoms with Crippen LogP contribution in [0, 0.1) is 0 Å². The van der Waals surface area contributed by atoms with E-state index in [1.807, 2.05) is 6.92 Å². The summed E-state index contributed by atoms with van der Waals surface area (Å²) in [4.78, 5) is 24.2. The summed E-state index contributed by atoms with van der Waals surface area (Å²) >= 11 is 6.99.